The van der Waals surface area contributed by atoms with Gasteiger partial charge in [-0.25, -0.2) is 0 Å². The van der Waals surface area contributed by atoms with Crippen LogP contribution in [0.1, 0.15) is 36.1 Å². The van der Waals surface area contributed by atoms with Gasteiger partial charge >= 0.3 is 6.18 Å². The Bertz CT molecular complexity index is 1480. The topological polar surface area (TPSA) is 103 Å². The minimum absolute atomic E-state index is 0.00243. The summed E-state index contributed by atoms with van der Waals surface area (Å²) in [6, 6.07) is 9.17. The van der Waals surface area contributed by atoms with Gasteiger partial charge in [-0.3, -0.25) is 9.48 Å². The van der Waals surface area contributed by atoms with Crippen LogP contribution < -0.4 is 5.32 Å². The van der Waals surface area contributed by atoms with Crippen molar-refractivity contribution in [1.29, 1.82) is 0 Å². The lowest BCUT2D eigenvalue weighted by molar-refractivity contribution is -0.138. The maximum absolute atomic E-state index is 13.8. The van der Waals surface area contributed by atoms with Crippen LogP contribution in [-0.2, 0) is 23.1 Å². The Hall–Kier alpha value is -3.19. The summed E-state index contributed by atoms with van der Waals surface area (Å²) in [5, 5.41) is 28.5. The number of amides is 1. The molecule has 2 aliphatic heterocycles. The van der Waals surface area contributed by atoms with Crippen molar-refractivity contribution in [2.75, 3.05) is 26.2 Å². The number of alkyl halides is 3. The normalized spacial score (nSPS) is 19.8. The number of fused-ring (bicyclic) bond motifs is 1. The number of aromatic nitrogens is 2. The number of hydrogen-bond acceptors (Lipinski definition) is 7. The monoisotopic (exact) mass is 559 g/mol. The molecule has 3 N–H and O–H groups in total. The lowest BCUT2D eigenvalue weighted by Gasteiger charge is -2.33. The summed E-state index contributed by atoms with van der Waals surface area (Å²) >= 11 is 1.28. The molecule has 0 spiro atoms. The Morgan fingerprint density at radius 2 is 2.00 bits per heavy atom. The van der Waals surface area contributed by atoms with E-state index < -0.39 is 17.3 Å². The number of aliphatic imine (C=N–C) groups is 1. The van der Waals surface area contributed by atoms with E-state index in [0.717, 1.165) is 17.0 Å². The molecule has 1 fully saturated rings. The first-order valence-electron chi connectivity index (χ1n) is 12.4. The molecule has 0 radical (unpaired) electrons. The van der Waals surface area contributed by atoms with Crippen molar-refractivity contribution in [3.8, 4) is 0 Å². The van der Waals surface area contributed by atoms with Crippen LogP contribution >= 0.6 is 11.8 Å². The van der Waals surface area contributed by atoms with E-state index in [1.807, 2.05) is 11.0 Å². The summed E-state index contributed by atoms with van der Waals surface area (Å²) in [5.74, 6) is -0.334. The molecule has 1 saturated heterocycles. The number of aliphatic hydroxyl groups is 2. The Balaban J connectivity index is 1.36. The van der Waals surface area contributed by atoms with Crippen LogP contribution in [-0.4, -0.2) is 68.3 Å². The Morgan fingerprint density at radius 3 is 2.72 bits per heavy atom. The van der Waals surface area contributed by atoms with Crippen molar-refractivity contribution >= 4 is 39.8 Å². The molecule has 1 atom stereocenters. The molecule has 8 nitrogen and oxygen atoms in total. The fourth-order valence-electron chi connectivity index (χ4n) is 4.65. The number of carbonyl (C=O) groups excluding carboxylic acids is 1. The molecule has 2 aliphatic rings. The van der Waals surface area contributed by atoms with Crippen LogP contribution in [0.5, 0.6) is 0 Å². The maximum Gasteiger partial charge on any atom is 0.416 e. The predicted octanol–water partition coefficient (Wildman–Crippen LogP) is 3.57. The van der Waals surface area contributed by atoms with Crippen LogP contribution in [0.15, 0.2) is 52.5 Å². The fourth-order valence-corrected chi connectivity index (χ4v) is 5.60. The van der Waals surface area contributed by atoms with Crippen LogP contribution in [0.25, 0.3) is 17.0 Å². The van der Waals surface area contributed by atoms with Crippen LogP contribution in [0.2, 0.25) is 0 Å². The highest BCUT2D eigenvalue weighted by atomic mass is 32.2. The summed E-state index contributed by atoms with van der Waals surface area (Å²) in [5.41, 5.74) is -0.601. The van der Waals surface area contributed by atoms with Gasteiger partial charge in [0.25, 0.3) is 5.91 Å². The molecular weight excluding hydrogens is 531 g/mol. The van der Waals surface area contributed by atoms with E-state index in [0.29, 0.717) is 35.2 Å². The number of hydrogen-bond donors (Lipinski definition) is 3. The molecule has 0 aliphatic carbocycles. The molecule has 1 amide bonds. The average Bonchev–Trinajstić information content (AvgIpc) is 3.45. The minimum Gasteiger partial charge on any atom is -0.395 e. The largest absolute Gasteiger partial charge is 0.416 e. The molecule has 0 bridgehead atoms. The zero-order chi connectivity index (χ0) is 27.9. The summed E-state index contributed by atoms with van der Waals surface area (Å²) in [4.78, 5) is 19.2. The number of benzene rings is 2. The molecule has 206 valence electrons. The van der Waals surface area contributed by atoms with Crippen LogP contribution in [0, 0.1) is 0 Å². The molecule has 5 rings (SSSR count). The van der Waals surface area contributed by atoms with Crippen molar-refractivity contribution in [2.45, 2.75) is 38.2 Å². The van der Waals surface area contributed by atoms with Gasteiger partial charge in [-0.2, -0.15) is 23.3 Å². The highest BCUT2D eigenvalue weighted by Gasteiger charge is 2.35. The molecule has 39 heavy (non-hydrogen) atoms. The van der Waals surface area contributed by atoms with Gasteiger partial charge in [0.05, 0.1) is 40.9 Å². The molecule has 12 heteroatoms. The lowest BCUT2D eigenvalue weighted by Crippen LogP contribution is -2.53. The zero-order valence-electron chi connectivity index (χ0n) is 21.4. The first-order valence-corrected chi connectivity index (χ1v) is 13.2. The number of nitrogens with zero attached hydrogens (tertiary/aromatic N) is 4. The fraction of sp³-hybridized carbons (Fsp3) is 0.370. The third-order valence-corrected chi connectivity index (χ3v) is 7.81. The summed E-state index contributed by atoms with van der Waals surface area (Å²) in [7, 11) is 0. The summed E-state index contributed by atoms with van der Waals surface area (Å²) in [6.45, 7) is 4.72. The third kappa shape index (κ3) is 5.88. The predicted molar refractivity (Wildman–Crippen MR) is 144 cm³/mol. The molecule has 1 unspecified atom stereocenters. The zero-order valence-corrected chi connectivity index (χ0v) is 22.2. The number of piperazine rings is 1. The SMILES string of the molecule is CC(C)(O)c1ccc(Cn2ncc3cc(C=C4SC(N5CCNC(CO)C5)=NC4=O)ccc32)c(C(F)(F)F)c1. The quantitative estimate of drug-likeness (QED) is 0.411. The van der Waals surface area contributed by atoms with Gasteiger partial charge in [0, 0.05) is 31.1 Å². The smallest absolute Gasteiger partial charge is 0.395 e. The standard InChI is InChI=1S/C27H28F3N5O3S/c1-26(2,38)19-5-4-17(21(11-19)27(28,29)30)13-35-22-6-3-16(9-18(22)12-32-35)10-23-24(37)33-25(39-23)34-8-7-31-20(14-34)15-36/h3-6,9-12,20,31,36,38H,7-8,13-15H2,1-2H3. The summed E-state index contributed by atoms with van der Waals surface area (Å²) < 4.78 is 43.0. The lowest BCUT2D eigenvalue weighted by atomic mass is 9.93. The molecular formula is C27H28F3N5O3S. The first-order chi connectivity index (χ1) is 18.4. The number of thioether (sulfide) groups is 1. The Morgan fingerprint density at radius 1 is 1.21 bits per heavy atom. The van der Waals surface area contributed by atoms with Crippen LogP contribution in [0.3, 0.4) is 0 Å². The number of amidine groups is 1. The van der Waals surface area contributed by atoms with Gasteiger partial charge in [0.15, 0.2) is 5.17 Å². The van der Waals surface area contributed by atoms with Crippen molar-refractivity contribution in [1.82, 2.24) is 20.0 Å². The van der Waals surface area contributed by atoms with Gasteiger partial charge in [-0.15, -0.1) is 0 Å². The van der Waals surface area contributed by atoms with Gasteiger partial charge in [-0.05, 0) is 66.6 Å². The second-order valence-corrected chi connectivity index (χ2v) is 11.1. The van der Waals surface area contributed by atoms with E-state index >= 15 is 0 Å². The first kappa shape index (κ1) is 27.4. The highest BCUT2D eigenvalue weighted by Crippen LogP contribution is 2.36. The third-order valence-electron chi connectivity index (χ3n) is 6.76. The van der Waals surface area contributed by atoms with Crippen molar-refractivity contribution in [2.24, 2.45) is 4.99 Å². The Labute approximate surface area is 227 Å². The highest BCUT2D eigenvalue weighted by molar-refractivity contribution is 8.18. The van der Waals surface area contributed by atoms with E-state index in [4.69, 9.17) is 0 Å². The van der Waals surface area contributed by atoms with E-state index in [1.165, 1.54) is 42.4 Å². The Kier molecular flexibility index (Phi) is 7.31. The summed E-state index contributed by atoms with van der Waals surface area (Å²) in [6.07, 6.45) is -1.27. The van der Waals surface area contributed by atoms with Gasteiger partial charge in [0.1, 0.15) is 0 Å². The molecule has 3 aromatic rings. The number of aliphatic hydroxyl groups excluding tert-OH is 1. The van der Waals surface area contributed by atoms with Gasteiger partial charge in [0.2, 0.25) is 0 Å². The molecule has 2 aromatic carbocycles. The number of carbonyl (C=O) groups is 1. The van der Waals surface area contributed by atoms with E-state index in [1.54, 1.807) is 24.4 Å². The molecule has 3 heterocycles. The maximum atomic E-state index is 13.8. The second kappa shape index (κ2) is 10.4. The van der Waals surface area contributed by atoms with E-state index in [-0.39, 0.29) is 36.2 Å². The van der Waals surface area contributed by atoms with Crippen LogP contribution in [0.4, 0.5) is 13.2 Å². The molecule has 0 saturated carbocycles. The van der Waals surface area contributed by atoms with Crippen molar-refractivity contribution in [3.63, 3.8) is 0 Å². The number of halogens is 3. The minimum atomic E-state index is -4.59. The van der Waals surface area contributed by atoms with Crippen molar-refractivity contribution in [3.05, 3.63) is 69.8 Å². The number of nitrogens with one attached hydrogen (secondary N) is 1. The van der Waals surface area contributed by atoms with Gasteiger partial charge in [-0.1, -0.05) is 18.2 Å². The molecule has 1 aromatic heterocycles. The average molecular weight is 560 g/mol. The van der Waals surface area contributed by atoms with E-state index in [9.17, 15) is 28.2 Å². The second-order valence-electron chi connectivity index (χ2n) is 10.1. The number of rotatable bonds is 5. The van der Waals surface area contributed by atoms with Gasteiger partial charge < -0.3 is 20.4 Å². The van der Waals surface area contributed by atoms with E-state index in [2.05, 4.69) is 15.4 Å². The van der Waals surface area contributed by atoms with Crippen molar-refractivity contribution < 1.29 is 28.2 Å².